The van der Waals surface area contributed by atoms with Crippen LogP contribution in [0.1, 0.15) is 68.8 Å². The van der Waals surface area contributed by atoms with Crippen molar-refractivity contribution in [2.24, 2.45) is 11.8 Å². The van der Waals surface area contributed by atoms with Crippen LogP contribution in [-0.2, 0) is 10.2 Å². The van der Waals surface area contributed by atoms with Gasteiger partial charge in [-0.25, -0.2) is 0 Å². The molecule has 0 aromatic heterocycles. The minimum absolute atomic E-state index is 0.00196. The summed E-state index contributed by atoms with van der Waals surface area (Å²) in [7, 11) is 1.72. The lowest BCUT2D eigenvalue weighted by molar-refractivity contribution is -0.0154. The minimum atomic E-state index is -0.0393. The molecule has 1 aliphatic heterocycles. The second-order valence-electron chi connectivity index (χ2n) is 12.6. The lowest BCUT2D eigenvalue weighted by atomic mass is 9.64. The van der Waals surface area contributed by atoms with Crippen LogP contribution in [0.5, 0.6) is 5.75 Å². The van der Waals surface area contributed by atoms with E-state index in [1.54, 1.807) is 7.11 Å². The molecule has 1 saturated carbocycles. The number of methoxy groups -OCH3 is 1. The van der Waals surface area contributed by atoms with Crippen molar-refractivity contribution < 1.29 is 9.47 Å². The molecule has 4 aromatic rings. The zero-order chi connectivity index (χ0) is 29.1. The van der Waals surface area contributed by atoms with Crippen molar-refractivity contribution in [2.75, 3.05) is 12.0 Å². The molecule has 0 bridgehead atoms. The average Bonchev–Trinajstić information content (AvgIpc) is 3.41. The molecular formula is C39H43NO2. The summed E-state index contributed by atoms with van der Waals surface area (Å²) >= 11 is 0. The van der Waals surface area contributed by atoms with Crippen molar-refractivity contribution in [1.29, 1.82) is 0 Å². The summed E-state index contributed by atoms with van der Waals surface area (Å²) in [4.78, 5) is 2.52. The normalized spacial score (nSPS) is 24.2. The van der Waals surface area contributed by atoms with Crippen LogP contribution < -0.4 is 9.64 Å². The molecule has 0 unspecified atom stereocenters. The van der Waals surface area contributed by atoms with Crippen molar-refractivity contribution in [2.45, 2.75) is 63.6 Å². The van der Waals surface area contributed by atoms with Crippen LogP contribution in [0.3, 0.4) is 0 Å². The fourth-order valence-electron chi connectivity index (χ4n) is 7.20. The summed E-state index contributed by atoms with van der Waals surface area (Å²) in [5.74, 6) is 2.96. The number of benzene rings is 4. The third-order valence-electron chi connectivity index (χ3n) is 9.58. The molecule has 0 amide bonds. The van der Waals surface area contributed by atoms with Crippen LogP contribution in [-0.4, -0.2) is 13.2 Å². The van der Waals surface area contributed by atoms with Gasteiger partial charge in [-0.3, -0.25) is 0 Å². The van der Waals surface area contributed by atoms with Crippen molar-refractivity contribution in [3.05, 3.63) is 144 Å². The highest BCUT2D eigenvalue weighted by Crippen LogP contribution is 2.50. The molecule has 4 aromatic carbocycles. The molecule has 0 N–H and O–H groups in total. The number of nitrogens with zero attached hydrogens (tertiary/aromatic N) is 1. The molecule has 5 atom stereocenters. The van der Waals surface area contributed by atoms with Crippen LogP contribution >= 0.6 is 0 Å². The zero-order valence-corrected chi connectivity index (χ0v) is 25.3. The molecule has 1 aliphatic carbocycles. The van der Waals surface area contributed by atoms with Gasteiger partial charge in [0.15, 0.2) is 0 Å². The summed E-state index contributed by atoms with van der Waals surface area (Å²) in [6, 6.07) is 41.1. The maximum atomic E-state index is 7.35. The predicted molar refractivity (Wildman–Crippen MR) is 173 cm³/mol. The third-order valence-corrected chi connectivity index (χ3v) is 9.58. The summed E-state index contributed by atoms with van der Waals surface area (Å²) in [6.07, 6.45) is 5.99. The Kier molecular flexibility index (Phi) is 8.11. The molecule has 216 valence electrons. The van der Waals surface area contributed by atoms with Crippen LogP contribution in [0.2, 0.25) is 0 Å². The van der Waals surface area contributed by atoms with Gasteiger partial charge in [0.2, 0.25) is 0 Å². The second kappa shape index (κ2) is 12.1. The molecule has 1 heterocycles. The molecule has 3 heteroatoms. The monoisotopic (exact) mass is 557 g/mol. The molecule has 2 aliphatic rings. The largest absolute Gasteiger partial charge is 0.497 e. The van der Waals surface area contributed by atoms with Gasteiger partial charge in [-0.1, -0.05) is 118 Å². The van der Waals surface area contributed by atoms with E-state index >= 15 is 0 Å². The van der Waals surface area contributed by atoms with E-state index in [4.69, 9.17) is 9.47 Å². The first-order valence-electron chi connectivity index (χ1n) is 15.4. The van der Waals surface area contributed by atoms with Gasteiger partial charge in [-0.05, 0) is 71.2 Å². The lowest BCUT2D eigenvalue weighted by Gasteiger charge is -2.45. The number of anilines is 1. The van der Waals surface area contributed by atoms with Gasteiger partial charge in [0, 0.05) is 11.6 Å². The second-order valence-corrected chi connectivity index (χ2v) is 12.6. The first-order chi connectivity index (χ1) is 20.5. The number of hydrogen-bond acceptors (Lipinski definition) is 3. The van der Waals surface area contributed by atoms with E-state index in [9.17, 15) is 0 Å². The fraction of sp³-hybridized carbons (Fsp3) is 0.333. The van der Waals surface area contributed by atoms with Gasteiger partial charge in [0.25, 0.3) is 0 Å². The van der Waals surface area contributed by atoms with E-state index in [1.165, 1.54) is 29.5 Å². The van der Waals surface area contributed by atoms with Gasteiger partial charge < -0.3 is 14.4 Å². The standard InChI is InChI=1S/C39H43NO2/c1-28-20-25-34(39(2,3)31-18-12-7-13-19-31)36(26-28)42-37-27-35(29-14-8-5-9-15-29)40(32-21-23-33(41-4)24-22-32)38(37)30-16-10-6-11-17-30/h5-19,21-24,27-28,34-36,38H,20,25-26H2,1-4H3/t28-,34-,35-,36-,38+/m1/s1. The van der Waals surface area contributed by atoms with Crippen molar-refractivity contribution in [3.8, 4) is 5.75 Å². The Morgan fingerprint density at radius 2 is 1.31 bits per heavy atom. The predicted octanol–water partition coefficient (Wildman–Crippen LogP) is 9.68. The first kappa shape index (κ1) is 28.2. The first-order valence-corrected chi connectivity index (χ1v) is 15.4. The number of rotatable bonds is 8. The molecular weight excluding hydrogens is 514 g/mol. The van der Waals surface area contributed by atoms with Crippen LogP contribution in [0.25, 0.3) is 0 Å². The topological polar surface area (TPSA) is 21.7 Å². The minimum Gasteiger partial charge on any atom is -0.497 e. The van der Waals surface area contributed by atoms with E-state index in [-0.39, 0.29) is 23.6 Å². The molecule has 42 heavy (non-hydrogen) atoms. The van der Waals surface area contributed by atoms with E-state index in [1.807, 2.05) is 0 Å². The fourth-order valence-corrected chi connectivity index (χ4v) is 7.20. The van der Waals surface area contributed by atoms with Gasteiger partial charge in [-0.15, -0.1) is 0 Å². The smallest absolute Gasteiger partial charge is 0.122 e. The molecule has 0 radical (unpaired) electrons. The van der Waals surface area contributed by atoms with Crippen LogP contribution in [0.15, 0.2) is 127 Å². The van der Waals surface area contributed by atoms with Crippen LogP contribution in [0.4, 0.5) is 5.69 Å². The SMILES string of the molecule is COc1ccc(N2[C@@H](c3ccccc3)C=C(O[C@@H]3C[C@H](C)CC[C@H]3C(C)(C)c3ccccc3)[C@@H]2c2ccccc2)cc1. The van der Waals surface area contributed by atoms with Crippen LogP contribution in [0, 0.1) is 11.8 Å². The highest BCUT2D eigenvalue weighted by Gasteiger charge is 2.44. The molecule has 6 rings (SSSR count). The molecule has 0 saturated heterocycles. The van der Waals surface area contributed by atoms with E-state index in [0.717, 1.165) is 23.6 Å². The Morgan fingerprint density at radius 1 is 0.714 bits per heavy atom. The zero-order valence-electron chi connectivity index (χ0n) is 25.3. The highest BCUT2D eigenvalue weighted by atomic mass is 16.5. The number of hydrogen-bond donors (Lipinski definition) is 0. The van der Waals surface area contributed by atoms with Crippen molar-refractivity contribution >= 4 is 5.69 Å². The van der Waals surface area contributed by atoms with E-state index < -0.39 is 0 Å². The quantitative estimate of drug-likeness (QED) is 0.215. The Morgan fingerprint density at radius 3 is 1.93 bits per heavy atom. The summed E-state index contributed by atoms with van der Waals surface area (Å²) in [6.45, 7) is 7.21. The highest BCUT2D eigenvalue weighted by molar-refractivity contribution is 5.59. The average molecular weight is 558 g/mol. The maximum Gasteiger partial charge on any atom is 0.122 e. The van der Waals surface area contributed by atoms with E-state index in [0.29, 0.717) is 11.8 Å². The van der Waals surface area contributed by atoms with Gasteiger partial charge in [-0.2, -0.15) is 0 Å². The molecule has 3 nitrogen and oxygen atoms in total. The van der Waals surface area contributed by atoms with Gasteiger partial charge in [0.05, 0.1) is 13.2 Å². The van der Waals surface area contributed by atoms with Crippen molar-refractivity contribution in [3.63, 3.8) is 0 Å². The van der Waals surface area contributed by atoms with Gasteiger partial charge >= 0.3 is 0 Å². The summed E-state index contributed by atoms with van der Waals surface area (Å²) in [5, 5.41) is 0. The Balaban J connectivity index is 1.43. The summed E-state index contributed by atoms with van der Waals surface area (Å²) < 4.78 is 12.9. The van der Waals surface area contributed by atoms with E-state index in [2.05, 4.69) is 147 Å². The number of ether oxygens (including phenoxy) is 2. The maximum absolute atomic E-state index is 7.35. The Hall–Kier alpha value is -3.98. The molecule has 1 fully saturated rings. The lowest BCUT2D eigenvalue weighted by Crippen LogP contribution is -2.43. The van der Waals surface area contributed by atoms with Gasteiger partial charge in [0.1, 0.15) is 23.7 Å². The van der Waals surface area contributed by atoms with Crippen molar-refractivity contribution in [1.82, 2.24) is 0 Å². The Labute approximate surface area is 251 Å². The summed E-state index contributed by atoms with van der Waals surface area (Å²) in [5.41, 5.74) is 5.03. The third kappa shape index (κ3) is 5.57. The molecule has 0 spiro atoms. The Bertz CT molecular complexity index is 1460.